The molecule has 1 saturated heterocycles. The Morgan fingerprint density at radius 1 is 1.15 bits per heavy atom. The first kappa shape index (κ1) is 27.6. The minimum absolute atomic E-state index is 0.0415. The molecular formula is C27H26F3N9O2. The Kier molecular flexibility index (Phi) is 6.48. The molecule has 2 N–H and O–H groups in total. The van der Waals surface area contributed by atoms with Crippen molar-refractivity contribution in [1.29, 1.82) is 5.26 Å². The predicted octanol–water partition coefficient (Wildman–Crippen LogP) is 3.81. The van der Waals surface area contributed by atoms with Gasteiger partial charge < -0.3 is 15.5 Å². The number of alkyl halides is 3. The second-order valence-corrected chi connectivity index (χ2v) is 10.3. The van der Waals surface area contributed by atoms with Gasteiger partial charge in [-0.25, -0.2) is 9.50 Å². The molecule has 1 aliphatic rings. The van der Waals surface area contributed by atoms with Crippen LogP contribution in [0.5, 0.6) is 0 Å². The molecule has 11 nitrogen and oxygen atoms in total. The molecule has 14 heteroatoms. The third kappa shape index (κ3) is 4.43. The maximum Gasteiger partial charge on any atom is 0.410 e. The number of fused-ring (bicyclic) bond motifs is 1. The topological polar surface area (TPSA) is 138 Å². The maximum atomic E-state index is 13.6. The predicted molar refractivity (Wildman–Crippen MR) is 143 cm³/mol. The number of anilines is 2. The Bertz CT molecular complexity index is 1730. The molecule has 212 valence electrons. The van der Waals surface area contributed by atoms with Gasteiger partial charge in [-0.05, 0) is 45.0 Å². The van der Waals surface area contributed by atoms with Crippen molar-refractivity contribution >= 4 is 28.8 Å². The van der Waals surface area contributed by atoms with E-state index in [0.29, 0.717) is 22.5 Å². The molecule has 1 fully saturated rings. The number of nitrogens with two attached hydrogens (primary N) is 1. The molecule has 3 aromatic heterocycles. The molecule has 0 spiro atoms. The summed E-state index contributed by atoms with van der Waals surface area (Å²) in [6.07, 6.45) is -2.05. The van der Waals surface area contributed by atoms with Gasteiger partial charge in [-0.1, -0.05) is 6.07 Å². The second kappa shape index (κ2) is 9.61. The molecule has 0 radical (unpaired) electrons. The number of halogens is 3. The number of amides is 2. The van der Waals surface area contributed by atoms with Gasteiger partial charge in [0.05, 0.1) is 22.6 Å². The van der Waals surface area contributed by atoms with Gasteiger partial charge in [0.25, 0.3) is 5.91 Å². The van der Waals surface area contributed by atoms with Gasteiger partial charge in [-0.2, -0.15) is 28.6 Å². The lowest BCUT2D eigenvalue weighted by atomic mass is 9.95. The highest BCUT2D eigenvalue weighted by atomic mass is 19.4. The average molecular weight is 566 g/mol. The van der Waals surface area contributed by atoms with Crippen LogP contribution >= 0.6 is 0 Å². The maximum absolute atomic E-state index is 13.6. The molecule has 41 heavy (non-hydrogen) atoms. The highest BCUT2D eigenvalue weighted by molar-refractivity contribution is 6.04. The quantitative estimate of drug-likeness (QED) is 0.397. The summed E-state index contributed by atoms with van der Waals surface area (Å²) in [7, 11) is 0. The van der Waals surface area contributed by atoms with Crippen LogP contribution in [0.2, 0.25) is 0 Å². The number of nitrogen functional groups attached to an aromatic ring is 1. The SMILES string of the molecule is CC(=O)N1CCN(c2cc(-c3cc(-c4ccnn4C(C)C(F)(F)F)c4c(N)ncnn34)ccc2C#N)C(=O)C1(C)C. The zero-order chi connectivity index (χ0) is 29.9. The van der Waals surface area contributed by atoms with Crippen molar-refractivity contribution in [2.24, 2.45) is 0 Å². The number of nitriles is 1. The van der Waals surface area contributed by atoms with Crippen LogP contribution in [0.25, 0.3) is 28.0 Å². The number of rotatable bonds is 4. The van der Waals surface area contributed by atoms with Crippen LogP contribution < -0.4 is 10.6 Å². The van der Waals surface area contributed by atoms with Crippen molar-refractivity contribution in [2.75, 3.05) is 23.7 Å². The van der Waals surface area contributed by atoms with E-state index in [1.807, 2.05) is 0 Å². The van der Waals surface area contributed by atoms with Gasteiger partial charge in [0.15, 0.2) is 5.82 Å². The van der Waals surface area contributed by atoms with Crippen LogP contribution in [0.3, 0.4) is 0 Å². The summed E-state index contributed by atoms with van der Waals surface area (Å²) < 4.78 is 43.2. The molecule has 0 bridgehead atoms. The summed E-state index contributed by atoms with van der Waals surface area (Å²) in [5.41, 5.74) is 7.34. The Balaban J connectivity index is 1.67. The molecule has 1 atom stereocenters. The number of aromatic nitrogens is 5. The molecule has 1 aromatic carbocycles. The van der Waals surface area contributed by atoms with E-state index in [-0.39, 0.29) is 47.5 Å². The molecule has 1 aliphatic heterocycles. The van der Waals surface area contributed by atoms with E-state index in [9.17, 15) is 28.0 Å². The summed E-state index contributed by atoms with van der Waals surface area (Å²) in [6.45, 7) is 6.15. The number of hydrogen-bond acceptors (Lipinski definition) is 7. The largest absolute Gasteiger partial charge is 0.410 e. The lowest BCUT2D eigenvalue weighted by Gasteiger charge is -2.45. The second-order valence-electron chi connectivity index (χ2n) is 10.3. The van der Waals surface area contributed by atoms with Crippen LogP contribution in [0, 0.1) is 11.3 Å². The standard InChI is InChI=1S/C27H26F3N9O2/c1-15(27(28,29)30)38-20(7-8-34-38)19-12-22(39-23(19)24(32)33-14-35-39)17-5-6-18(13-31)21(11-17)36-9-10-37(16(2)40)26(3,4)25(36)41/h5-8,11-12,14-15H,9-10H2,1-4H3,(H2,32,33,35). The van der Waals surface area contributed by atoms with Crippen LogP contribution in [0.4, 0.5) is 24.7 Å². The number of carbonyl (C=O) groups excluding carboxylic acids is 2. The fraction of sp³-hybridized carbons (Fsp3) is 0.333. The normalized spacial score (nSPS) is 16.2. The van der Waals surface area contributed by atoms with Crippen LogP contribution in [0.1, 0.15) is 39.3 Å². The zero-order valence-corrected chi connectivity index (χ0v) is 22.6. The number of carbonyl (C=O) groups is 2. The van der Waals surface area contributed by atoms with Crippen molar-refractivity contribution < 1.29 is 22.8 Å². The molecule has 4 aromatic rings. The first-order valence-corrected chi connectivity index (χ1v) is 12.6. The molecule has 4 heterocycles. The van der Waals surface area contributed by atoms with Crippen LogP contribution in [-0.2, 0) is 9.59 Å². The highest BCUT2D eigenvalue weighted by Gasteiger charge is 2.44. The molecule has 2 amide bonds. The molecule has 0 aliphatic carbocycles. The first-order chi connectivity index (χ1) is 19.3. The van der Waals surface area contributed by atoms with Crippen molar-refractivity contribution in [3.8, 4) is 28.6 Å². The summed E-state index contributed by atoms with van der Waals surface area (Å²) >= 11 is 0. The van der Waals surface area contributed by atoms with Crippen LogP contribution in [0.15, 0.2) is 42.9 Å². The van der Waals surface area contributed by atoms with E-state index < -0.39 is 17.8 Å². The molecule has 1 unspecified atom stereocenters. The lowest BCUT2D eigenvalue weighted by Crippen LogP contribution is -2.64. The minimum Gasteiger partial charge on any atom is -0.382 e. The summed E-state index contributed by atoms with van der Waals surface area (Å²) in [4.78, 5) is 32.7. The Morgan fingerprint density at radius 2 is 1.88 bits per heavy atom. The van der Waals surface area contributed by atoms with Gasteiger partial charge in [-0.15, -0.1) is 0 Å². The lowest BCUT2D eigenvalue weighted by molar-refractivity contribution is -0.165. The van der Waals surface area contributed by atoms with Gasteiger partial charge in [0.2, 0.25) is 5.91 Å². The fourth-order valence-electron chi connectivity index (χ4n) is 5.26. The third-order valence-electron chi connectivity index (χ3n) is 7.44. The molecule has 0 saturated carbocycles. The number of piperazine rings is 1. The Morgan fingerprint density at radius 3 is 2.54 bits per heavy atom. The van der Waals surface area contributed by atoms with Crippen molar-refractivity contribution in [2.45, 2.75) is 45.5 Å². The third-order valence-corrected chi connectivity index (χ3v) is 7.44. The van der Waals surface area contributed by atoms with E-state index in [2.05, 4.69) is 21.3 Å². The van der Waals surface area contributed by atoms with Crippen LogP contribution in [-0.4, -0.2) is 65.9 Å². The van der Waals surface area contributed by atoms with E-state index in [1.54, 1.807) is 38.1 Å². The van der Waals surface area contributed by atoms with E-state index in [1.165, 1.54) is 39.8 Å². The minimum atomic E-state index is -4.55. The van der Waals surface area contributed by atoms with Gasteiger partial charge in [0.1, 0.15) is 29.5 Å². The number of benzene rings is 1. The Hall–Kier alpha value is -4.93. The molecule has 5 rings (SSSR count). The average Bonchev–Trinajstić information content (AvgIpc) is 3.54. The van der Waals surface area contributed by atoms with Gasteiger partial charge in [0, 0.05) is 37.3 Å². The number of hydrogen-bond donors (Lipinski definition) is 1. The van der Waals surface area contributed by atoms with Crippen molar-refractivity contribution in [1.82, 2.24) is 29.3 Å². The fourth-order valence-corrected chi connectivity index (χ4v) is 5.26. The highest BCUT2D eigenvalue weighted by Crippen LogP contribution is 2.40. The van der Waals surface area contributed by atoms with Gasteiger partial charge in [-0.3, -0.25) is 14.3 Å². The monoisotopic (exact) mass is 565 g/mol. The molecular weight excluding hydrogens is 539 g/mol. The van der Waals surface area contributed by atoms with Crippen molar-refractivity contribution in [3.63, 3.8) is 0 Å². The zero-order valence-electron chi connectivity index (χ0n) is 22.6. The summed E-state index contributed by atoms with van der Waals surface area (Å²) in [6, 6.07) is 8.14. The summed E-state index contributed by atoms with van der Waals surface area (Å²) in [5.74, 6) is -0.550. The van der Waals surface area contributed by atoms with E-state index >= 15 is 0 Å². The van der Waals surface area contributed by atoms with Crippen molar-refractivity contribution in [3.05, 3.63) is 48.4 Å². The Labute approximate surface area is 232 Å². The first-order valence-electron chi connectivity index (χ1n) is 12.6. The van der Waals surface area contributed by atoms with E-state index in [0.717, 1.165) is 11.6 Å². The van der Waals surface area contributed by atoms with Gasteiger partial charge >= 0.3 is 6.18 Å². The summed E-state index contributed by atoms with van der Waals surface area (Å²) in [5, 5.41) is 18.1. The smallest absolute Gasteiger partial charge is 0.382 e. The van der Waals surface area contributed by atoms with E-state index in [4.69, 9.17) is 5.73 Å². The number of nitrogens with zero attached hydrogens (tertiary/aromatic N) is 8.